The van der Waals surface area contributed by atoms with Gasteiger partial charge in [0.2, 0.25) is 5.78 Å². The highest BCUT2D eigenvalue weighted by molar-refractivity contribution is 7.99. The van der Waals surface area contributed by atoms with Crippen LogP contribution in [0.2, 0.25) is 0 Å². The summed E-state index contributed by atoms with van der Waals surface area (Å²) in [5, 5.41) is 13.1. The molecule has 0 saturated heterocycles. The topological polar surface area (TPSA) is 76.0 Å². The Labute approximate surface area is 166 Å². The average molecular weight is 391 g/mol. The third kappa shape index (κ3) is 5.08. The van der Waals surface area contributed by atoms with Crippen LogP contribution in [0.5, 0.6) is 5.75 Å². The fraction of sp³-hybridized carbons (Fsp3) is 0.0455. The maximum absolute atomic E-state index is 12.9. The van der Waals surface area contributed by atoms with Crippen molar-refractivity contribution in [2.24, 2.45) is 5.16 Å². The van der Waals surface area contributed by atoms with Crippen LogP contribution in [-0.4, -0.2) is 22.6 Å². The zero-order valence-corrected chi connectivity index (χ0v) is 15.8. The number of benzene rings is 3. The van der Waals surface area contributed by atoms with Gasteiger partial charge in [-0.3, -0.25) is 4.79 Å². The van der Waals surface area contributed by atoms with E-state index in [2.05, 4.69) is 5.16 Å². The van der Waals surface area contributed by atoms with E-state index in [9.17, 15) is 14.7 Å². The lowest BCUT2D eigenvalue weighted by atomic mass is 10.0. The first-order valence-electron chi connectivity index (χ1n) is 8.45. The molecule has 0 radical (unpaired) electrons. The highest BCUT2D eigenvalue weighted by Gasteiger charge is 2.18. The van der Waals surface area contributed by atoms with Crippen LogP contribution in [0.3, 0.4) is 0 Å². The summed E-state index contributed by atoms with van der Waals surface area (Å²) in [4.78, 5) is 30.7. The highest BCUT2D eigenvalue weighted by atomic mass is 32.2. The third-order valence-corrected chi connectivity index (χ3v) is 4.73. The quantitative estimate of drug-likeness (QED) is 0.285. The van der Waals surface area contributed by atoms with Crippen molar-refractivity contribution in [2.45, 2.75) is 16.7 Å². The first-order valence-corrected chi connectivity index (χ1v) is 9.27. The van der Waals surface area contributed by atoms with Gasteiger partial charge in [-0.15, -0.1) is 0 Å². The molecule has 0 fully saturated rings. The minimum atomic E-state index is -0.595. The molecule has 3 rings (SSSR count). The maximum atomic E-state index is 12.9. The molecule has 5 nitrogen and oxygen atoms in total. The second-order valence-electron chi connectivity index (χ2n) is 5.84. The van der Waals surface area contributed by atoms with Crippen LogP contribution in [0.25, 0.3) is 0 Å². The highest BCUT2D eigenvalue weighted by Crippen LogP contribution is 2.29. The second kappa shape index (κ2) is 9.01. The van der Waals surface area contributed by atoms with Crippen molar-refractivity contribution in [3.8, 4) is 5.75 Å². The molecule has 28 heavy (non-hydrogen) atoms. The van der Waals surface area contributed by atoms with Crippen molar-refractivity contribution in [3.63, 3.8) is 0 Å². The predicted octanol–water partition coefficient (Wildman–Crippen LogP) is 4.69. The van der Waals surface area contributed by atoms with Crippen LogP contribution in [0.4, 0.5) is 0 Å². The number of phenolic OH excluding ortho intramolecular Hbond substituents is 1. The Kier molecular flexibility index (Phi) is 6.24. The van der Waals surface area contributed by atoms with Gasteiger partial charge in [-0.05, 0) is 48.5 Å². The van der Waals surface area contributed by atoms with E-state index in [0.717, 1.165) is 9.79 Å². The van der Waals surface area contributed by atoms with Gasteiger partial charge in [-0.25, -0.2) is 4.79 Å². The number of phenols is 1. The monoisotopic (exact) mass is 391 g/mol. The molecule has 0 unspecified atom stereocenters. The van der Waals surface area contributed by atoms with Crippen LogP contribution in [0, 0.1) is 0 Å². The number of hydrogen-bond acceptors (Lipinski definition) is 6. The summed E-state index contributed by atoms with van der Waals surface area (Å²) in [5.41, 5.74) is 1.07. The number of nitrogens with zero attached hydrogens (tertiary/aromatic N) is 1. The van der Waals surface area contributed by atoms with E-state index in [4.69, 9.17) is 4.84 Å². The lowest BCUT2D eigenvalue weighted by Crippen LogP contribution is -2.17. The van der Waals surface area contributed by atoms with Crippen LogP contribution in [-0.2, 0) is 9.63 Å². The molecule has 0 atom stereocenters. The fourth-order valence-corrected chi connectivity index (χ4v) is 3.21. The van der Waals surface area contributed by atoms with Crippen LogP contribution >= 0.6 is 11.8 Å². The van der Waals surface area contributed by atoms with E-state index in [1.807, 2.05) is 30.3 Å². The van der Waals surface area contributed by atoms with Crippen molar-refractivity contribution >= 4 is 29.2 Å². The van der Waals surface area contributed by atoms with Gasteiger partial charge in [-0.2, -0.15) is 0 Å². The fourth-order valence-electron chi connectivity index (χ4n) is 2.39. The summed E-state index contributed by atoms with van der Waals surface area (Å²) >= 11 is 1.51. The Morgan fingerprint density at radius 1 is 0.821 bits per heavy atom. The molecule has 0 bridgehead atoms. The number of oxime groups is 1. The number of aromatic hydroxyl groups is 1. The van der Waals surface area contributed by atoms with Gasteiger partial charge in [0, 0.05) is 27.8 Å². The largest absolute Gasteiger partial charge is 0.508 e. The molecule has 3 aromatic rings. The first kappa shape index (κ1) is 19.4. The van der Waals surface area contributed by atoms with Gasteiger partial charge in [0.15, 0.2) is 5.71 Å². The molecule has 3 aromatic carbocycles. The number of hydrogen-bond donors (Lipinski definition) is 1. The van der Waals surface area contributed by atoms with Crippen molar-refractivity contribution in [1.29, 1.82) is 0 Å². The minimum absolute atomic E-state index is 0.0646. The molecule has 0 amide bonds. The number of carbonyl (C=O) groups is 2. The predicted molar refractivity (Wildman–Crippen MR) is 108 cm³/mol. The van der Waals surface area contributed by atoms with Crippen molar-refractivity contribution < 1.29 is 19.5 Å². The van der Waals surface area contributed by atoms with E-state index in [1.54, 1.807) is 48.5 Å². The molecule has 0 heterocycles. The molecule has 0 aliphatic heterocycles. The molecule has 140 valence electrons. The Hall–Kier alpha value is -3.38. The van der Waals surface area contributed by atoms with Gasteiger partial charge >= 0.3 is 5.97 Å². The van der Waals surface area contributed by atoms with Gasteiger partial charge in [0.25, 0.3) is 0 Å². The Balaban J connectivity index is 1.82. The lowest BCUT2D eigenvalue weighted by molar-refractivity contribution is -0.140. The summed E-state index contributed by atoms with van der Waals surface area (Å²) < 4.78 is 0. The van der Waals surface area contributed by atoms with Crippen LogP contribution in [0.15, 0.2) is 93.8 Å². The zero-order valence-electron chi connectivity index (χ0n) is 15.0. The van der Waals surface area contributed by atoms with Gasteiger partial charge in [-0.1, -0.05) is 47.2 Å². The van der Waals surface area contributed by atoms with E-state index in [0.29, 0.717) is 11.1 Å². The van der Waals surface area contributed by atoms with Crippen LogP contribution in [0.1, 0.15) is 22.8 Å². The Morgan fingerprint density at radius 3 is 1.96 bits per heavy atom. The van der Waals surface area contributed by atoms with E-state index in [1.165, 1.54) is 18.7 Å². The maximum Gasteiger partial charge on any atom is 0.332 e. The summed E-state index contributed by atoms with van der Waals surface area (Å²) in [6.45, 7) is 1.23. The number of carbonyl (C=O) groups excluding carboxylic acids is 2. The molecular formula is C22H17NO4S. The van der Waals surface area contributed by atoms with Crippen molar-refractivity contribution in [3.05, 3.63) is 90.0 Å². The van der Waals surface area contributed by atoms with Gasteiger partial charge in [0.1, 0.15) is 5.75 Å². The van der Waals surface area contributed by atoms with Crippen molar-refractivity contribution in [1.82, 2.24) is 0 Å². The summed E-state index contributed by atoms with van der Waals surface area (Å²) in [6.07, 6.45) is 0. The van der Waals surface area contributed by atoms with E-state index >= 15 is 0 Å². The second-order valence-corrected chi connectivity index (χ2v) is 6.99. The summed E-state index contributed by atoms with van der Waals surface area (Å²) in [6, 6.07) is 22.8. The zero-order chi connectivity index (χ0) is 19.9. The molecular weight excluding hydrogens is 374 g/mol. The molecule has 0 spiro atoms. The number of rotatable bonds is 6. The SMILES string of the molecule is CC(=O)O/N=C(/C(=O)c1ccc(Sc2ccc(O)cc2)cc1)c1ccccc1. The standard InChI is InChI=1S/C22H17NO4S/c1-15(24)27-23-21(16-5-3-2-4-6-16)22(26)17-7-11-19(12-8-17)28-20-13-9-18(25)10-14-20/h2-14,25H,1H3/b23-21+. The number of ketones is 1. The minimum Gasteiger partial charge on any atom is -0.508 e. The smallest absolute Gasteiger partial charge is 0.332 e. The molecule has 0 saturated carbocycles. The van der Waals surface area contributed by atoms with Gasteiger partial charge in [0.05, 0.1) is 0 Å². The molecule has 0 aliphatic carbocycles. The molecule has 0 aromatic heterocycles. The summed E-state index contributed by atoms with van der Waals surface area (Å²) in [7, 11) is 0. The normalized spacial score (nSPS) is 11.1. The Bertz CT molecular complexity index is 997. The molecule has 1 N–H and O–H groups in total. The number of Topliss-reactive ketones (excluding diaryl/α,β-unsaturated/α-hetero) is 1. The van der Waals surface area contributed by atoms with Crippen molar-refractivity contribution in [2.75, 3.05) is 0 Å². The van der Waals surface area contributed by atoms with Crippen LogP contribution < -0.4 is 0 Å². The Morgan fingerprint density at radius 2 is 1.39 bits per heavy atom. The van der Waals surface area contributed by atoms with Gasteiger partial charge < -0.3 is 9.94 Å². The molecule has 6 heteroatoms. The average Bonchev–Trinajstić information content (AvgIpc) is 2.71. The summed E-state index contributed by atoms with van der Waals surface area (Å²) in [5.74, 6) is -0.721. The lowest BCUT2D eigenvalue weighted by Gasteiger charge is -2.07. The molecule has 0 aliphatic rings. The first-order chi connectivity index (χ1) is 13.5. The van der Waals surface area contributed by atoms with E-state index < -0.39 is 5.97 Å². The van der Waals surface area contributed by atoms with E-state index in [-0.39, 0.29) is 17.2 Å². The third-order valence-electron chi connectivity index (χ3n) is 3.72.